The van der Waals surface area contributed by atoms with Crippen LogP contribution in [0.1, 0.15) is 42.3 Å². The molecule has 2 aromatic rings. The highest BCUT2D eigenvalue weighted by molar-refractivity contribution is 7.14. The van der Waals surface area contributed by atoms with Crippen LogP contribution in [0.2, 0.25) is 5.02 Å². The number of anilines is 1. The molecule has 0 saturated carbocycles. The molecule has 1 heterocycles. The lowest BCUT2D eigenvalue weighted by atomic mass is 9.86. The van der Waals surface area contributed by atoms with Crippen molar-refractivity contribution in [3.63, 3.8) is 0 Å². The highest BCUT2D eigenvalue weighted by Gasteiger charge is 2.22. The quantitative estimate of drug-likeness (QED) is 0.827. The maximum Gasteiger partial charge on any atom is 0.196 e. The number of ketones is 1. The second-order valence-corrected chi connectivity index (χ2v) is 7.42. The van der Waals surface area contributed by atoms with Gasteiger partial charge in [0.1, 0.15) is 0 Å². The smallest absolute Gasteiger partial charge is 0.196 e. The number of halogens is 1. The first-order valence-corrected chi connectivity index (χ1v) is 7.70. The van der Waals surface area contributed by atoms with Crippen LogP contribution in [0.4, 0.5) is 5.00 Å². The van der Waals surface area contributed by atoms with E-state index in [-0.39, 0.29) is 11.2 Å². The standard InChI is InChI=1S/C16H18ClNOS/c1-16(2,3)8-11-9-20-15(18)13(11)14(19)10-5-4-6-12(17)7-10/h4-7,9H,8,18H2,1-3H3. The van der Waals surface area contributed by atoms with Gasteiger partial charge < -0.3 is 5.73 Å². The molecule has 20 heavy (non-hydrogen) atoms. The maximum absolute atomic E-state index is 12.7. The van der Waals surface area contributed by atoms with E-state index in [2.05, 4.69) is 20.8 Å². The molecule has 106 valence electrons. The fraction of sp³-hybridized carbons (Fsp3) is 0.312. The molecule has 0 atom stereocenters. The highest BCUT2D eigenvalue weighted by atomic mass is 35.5. The molecule has 0 amide bonds. The van der Waals surface area contributed by atoms with Crippen LogP contribution in [-0.4, -0.2) is 5.78 Å². The van der Waals surface area contributed by atoms with Crippen LogP contribution in [0.15, 0.2) is 29.6 Å². The lowest BCUT2D eigenvalue weighted by molar-refractivity contribution is 0.103. The SMILES string of the molecule is CC(C)(C)Cc1csc(N)c1C(=O)c1cccc(Cl)c1. The van der Waals surface area contributed by atoms with Gasteiger partial charge in [-0.05, 0) is 34.9 Å². The number of rotatable bonds is 3. The minimum atomic E-state index is -0.0505. The number of nitrogens with two attached hydrogens (primary N) is 1. The van der Waals surface area contributed by atoms with Crippen LogP contribution in [0.3, 0.4) is 0 Å². The van der Waals surface area contributed by atoms with E-state index in [9.17, 15) is 4.79 Å². The molecule has 0 aliphatic carbocycles. The van der Waals surface area contributed by atoms with E-state index in [1.165, 1.54) is 11.3 Å². The molecule has 1 aromatic carbocycles. The Labute approximate surface area is 128 Å². The lowest BCUT2D eigenvalue weighted by Crippen LogP contribution is -2.13. The van der Waals surface area contributed by atoms with Crippen molar-refractivity contribution in [1.29, 1.82) is 0 Å². The Hall–Kier alpha value is -1.32. The molecule has 2 nitrogen and oxygen atoms in total. The van der Waals surface area contributed by atoms with Crippen LogP contribution in [0, 0.1) is 5.41 Å². The minimum absolute atomic E-state index is 0.0505. The zero-order valence-corrected chi connectivity index (χ0v) is 13.4. The first kappa shape index (κ1) is 15.1. The van der Waals surface area contributed by atoms with Gasteiger partial charge in [0, 0.05) is 10.6 Å². The second-order valence-electron chi connectivity index (χ2n) is 6.08. The third kappa shape index (κ3) is 3.41. The largest absolute Gasteiger partial charge is 0.390 e. The zero-order chi connectivity index (χ0) is 14.9. The van der Waals surface area contributed by atoms with Crippen molar-refractivity contribution in [2.45, 2.75) is 27.2 Å². The summed E-state index contributed by atoms with van der Waals surface area (Å²) in [5, 5.41) is 3.12. The van der Waals surface area contributed by atoms with Crippen LogP contribution in [0.25, 0.3) is 0 Å². The molecule has 0 fully saturated rings. The van der Waals surface area contributed by atoms with Crippen molar-refractivity contribution in [2.24, 2.45) is 5.41 Å². The van der Waals surface area contributed by atoms with Crippen molar-refractivity contribution in [2.75, 3.05) is 5.73 Å². The first-order chi connectivity index (χ1) is 9.28. The minimum Gasteiger partial charge on any atom is -0.390 e. The van der Waals surface area contributed by atoms with Crippen LogP contribution >= 0.6 is 22.9 Å². The number of carbonyl (C=O) groups excluding carboxylic acids is 1. The third-order valence-electron chi connectivity index (χ3n) is 2.93. The van der Waals surface area contributed by atoms with Gasteiger partial charge in [-0.3, -0.25) is 4.79 Å². The number of carbonyl (C=O) groups is 1. The number of hydrogen-bond acceptors (Lipinski definition) is 3. The molecule has 0 unspecified atom stereocenters. The van der Waals surface area contributed by atoms with E-state index in [4.69, 9.17) is 17.3 Å². The van der Waals surface area contributed by atoms with Crippen molar-refractivity contribution in [1.82, 2.24) is 0 Å². The van der Waals surface area contributed by atoms with E-state index >= 15 is 0 Å². The summed E-state index contributed by atoms with van der Waals surface area (Å²) in [5.41, 5.74) is 8.34. The summed E-state index contributed by atoms with van der Waals surface area (Å²) in [7, 11) is 0. The Balaban J connectivity index is 2.42. The van der Waals surface area contributed by atoms with Gasteiger partial charge in [0.15, 0.2) is 5.78 Å². The van der Waals surface area contributed by atoms with Gasteiger partial charge in [0.25, 0.3) is 0 Å². The summed E-state index contributed by atoms with van der Waals surface area (Å²) in [4.78, 5) is 12.7. The van der Waals surface area contributed by atoms with Gasteiger partial charge in [-0.1, -0.05) is 44.5 Å². The van der Waals surface area contributed by atoms with Crippen LogP contribution in [0.5, 0.6) is 0 Å². The lowest BCUT2D eigenvalue weighted by Gasteiger charge is -2.18. The Morgan fingerprint density at radius 2 is 2.05 bits per heavy atom. The summed E-state index contributed by atoms with van der Waals surface area (Å²) in [6, 6.07) is 6.99. The van der Waals surface area contributed by atoms with Crippen LogP contribution < -0.4 is 5.73 Å². The monoisotopic (exact) mass is 307 g/mol. The Bertz CT molecular complexity index is 640. The maximum atomic E-state index is 12.7. The summed E-state index contributed by atoms with van der Waals surface area (Å²) in [6.45, 7) is 6.44. The fourth-order valence-corrected chi connectivity index (χ4v) is 3.15. The molecule has 0 bridgehead atoms. The third-order valence-corrected chi connectivity index (χ3v) is 4.03. The Kier molecular flexibility index (Phi) is 4.21. The molecular weight excluding hydrogens is 290 g/mol. The predicted octanol–water partition coefficient (Wildman–Crippen LogP) is 4.80. The summed E-state index contributed by atoms with van der Waals surface area (Å²) < 4.78 is 0. The molecular formula is C16H18ClNOS. The van der Waals surface area contributed by atoms with Crippen molar-refractivity contribution < 1.29 is 4.79 Å². The van der Waals surface area contributed by atoms with E-state index < -0.39 is 0 Å². The Morgan fingerprint density at radius 3 is 2.65 bits per heavy atom. The Morgan fingerprint density at radius 1 is 1.35 bits per heavy atom. The number of thiophene rings is 1. The van der Waals surface area contributed by atoms with Gasteiger partial charge in [-0.25, -0.2) is 0 Å². The number of hydrogen-bond donors (Lipinski definition) is 1. The van der Waals surface area contributed by atoms with Gasteiger partial charge in [0.2, 0.25) is 0 Å². The van der Waals surface area contributed by atoms with Gasteiger partial charge in [-0.2, -0.15) is 0 Å². The number of benzene rings is 1. The summed E-state index contributed by atoms with van der Waals surface area (Å²) in [5.74, 6) is -0.0505. The van der Waals surface area contributed by atoms with Gasteiger partial charge in [-0.15, -0.1) is 11.3 Å². The van der Waals surface area contributed by atoms with Crippen molar-refractivity contribution >= 4 is 33.7 Å². The van der Waals surface area contributed by atoms with E-state index in [1.807, 2.05) is 5.38 Å². The average molecular weight is 308 g/mol. The summed E-state index contributed by atoms with van der Waals surface area (Å²) >= 11 is 7.38. The van der Waals surface area contributed by atoms with E-state index in [0.29, 0.717) is 21.2 Å². The molecule has 2 N–H and O–H groups in total. The van der Waals surface area contributed by atoms with E-state index in [1.54, 1.807) is 24.3 Å². The highest BCUT2D eigenvalue weighted by Crippen LogP contribution is 2.32. The van der Waals surface area contributed by atoms with Crippen LogP contribution in [-0.2, 0) is 6.42 Å². The molecule has 1 aromatic heterocycles. The molecule has 0 saturated heterocycles. The number of nitrogen functional groups attached to an aromatic ring is 1. The fourth-order valence-electron chi connectivity index (χ4n) is 2.14. The average Bonchev–Trinajstić information content (AvgIpc) is 2.67. The molecule has 0 spiro atoms. The van der Waals surface area contributed by atoms with E-state index in [0.717, 1.165) is 12.0 Å². The van der Waals surface area contributed by atoms with Gasteiger partial charge >= 0.3 is 0 Å². The van der Waals surface area contributed by atoms with Crippen molar-refractivity contribution in [3.05, 3.63) is 51.4 Å². The zero-order valence-electron chi connectivity index (χ0n) is 11.9. The molecule has 0 aliphatic heterocycles. The normalized spacial score (nSPS) is 11.6. The van der Waals surface area contributed by atoms with Gasteiger partial charge in [0.05, 0.1) is 10.6 Å². The first-order valence-electron chi connectivity index (χ1n) is 6.44. The molecule has 4 heteroatoms. The summed E-state index contributed by atoms with van der Waals surface area (Å²) in [6.07, 6.45) is 0.822. The molecule has 0 aliphatic rings. The topological polar surface area (TPSA) is 43.1 Å². The molecule has 2 rings (SSSR count). The predicted molar refractivity (Wildman–Crippen MR) is 86.8 cm³/mol. The molecule has 0 radical (unpaired) electrons. The van der Waals surface area contributed by atoms with Crippen molar-refractivity contribution in [3.8, 4) is 0 Å². The second kappa shape index (κ2) is 5.58.